The highest BCUT2D eigenvalue weighted by atomic mass is 16.5. The minimum atomic E-state index is -0.413. The quantitative estimate of drug-likeness (QED) is 0.808. The number of aryl methyl sites for hydroxylation is 1. The second kappa shape index (κ2) is 6.35. The summed E-state index contributed by atoms with van der Waals surface area (Å²) in [5.74, 6) is -0.631. The maximum absolute atomic E-state index is 12.5. The van der Waals surface area contributed by atoms with Crippen molar-refractivity contribution in [1.29, 1.82) is 0 Å². The molecule has 0 aliphatic rings. The predicted molar refractivity (Wildman–Crippen MR) is 80.1 cm³/mol. The zero-order valence-corrected chi connectivity index (χ0v) is 12.4. The molecule has 0 unspecified atom stereocenters. The normalized spacial score (nSPS) is 10.4. The molecule has 0 spiro atoms. The second-order valence-corrected chi connectivity index (χ2v) is 4.79. The fourth-order valence-corrected chi connectivity index (χ4v) is 2.16. The Kier molecular flexibility index (Phi) is 4.52. The Labute approximate surface area is 123 Å². The minimum Gasteiger partial charge on any atom is -0.465 e. The predicted octanol–water partition coefficient (Wildman–Crippen LogP) is 2.18. The molecule has 0 bridgehead atoms. The number of carbonyl (C=O) groups excluding carboxylic acids is 2. The number of ether oxygens (including phenoxy) is 1. The van der Waals surface area contributed by atoms with Crippen molar-refractivity contribution in [3.05, 3.63) is 41.6 Å². The SMILES string of the molecule is CCOC(=O)CN(C)C(=O)c1cc(C)nc2ccccc12. The number of likely N-dealkylation sites (N-methyl/N-ethyl adjacent to an activating group) is 1. The maximum Gasteiger partial charge on any atom is 0.325 e. The van der Waals surface area contributed by atoms with E-state index in [1.807, 2.05) is 31.2 Å². The zero-order valence-electron chi connectivity index (χ0n) is 12.4. The first kappa shape index (κ1) is 15.0. The number of carbonyl (C=O) groups is 2. The number of esters is 1. The first-order valence-electron chi connectivity index (χ1n) is 6.80. The van der Waals surface area contributed by atoms with Crippen LogP contribution in [0.3, 0.4) is 0 Å². The average molecular weight is 286 g/mol. The van der Waals surface area contributed by atoms with E-state index in [9.17, 15) is 9.59 Å². The number of rotatable bonds is 4. The van der Waals surface area contributed by atoms with Crippen LogP contribution in [0.15, 0.2) is 30.3 Å². The summed E-state index contributed by atoms with van der Waals surface area (Å²) in [7, 11) is 1.59. The number of hydrogen-bond acceptors (Lipinski definition) is 4. The summed E-state index contributed by atoms with van der Waals surface area (Å²) in [6.07, 6.45) is 0. The van der Waals surface area contributed by atoms with Crippen molar-refractivity contribution in [1.82, 2.24) is 9.88 Å². The minimum absolute atomic E-state index is 0.0671. The standard InChI is InChI=1S/C16H18N2O3/c1-4-21-15(19)10-18(3)16(20)13-9-11(2)17-14-8-6-5-7-12(13)14/h5-9H,4,10H2,1-3H3. The lowest BCUT2D eigenvalue weighted by molar-refractivity contribution is -0.143. The fourth-order valence-electron chi connectivity index (χ4n) is 2.16. The fraction of sp³-hybridized carbons (Fsp3) is 0.312. The molecule has 2 aromatic rings. The third-order valence-electron chi connectivity index (χ3n) is 3.09. The van der Waals surface area contributed by atoms with Gasteiger partial charge in [-0.05, 0) is 26.0 Å². The van der Waals surface area contributed by atoms with Crippen molar-refractivity contribution in [2.75, 3.05) is 20.2 Å². The van der Waals surface area contributed by atoms with Gasteiger partial charge in [0.2, 0.25) is 0 Å². The van der Waals surface area contributed by atoms with Gasteiger partial charge in [0.1, 0.15) is 6.54 Å². The molecule has 0 saturated carbocycles. The second-order valence-electron chi connectivity index (χ2n) is 4.79. The van der Waals surface area contributed by atoms with E-state index in [1.54, 1.807) is 20.0 Å². The van der Waals surface area contributed by atoms with E-state index < -0.39 is 5.97 Å². The topological polar surface area (TPSA) is 59.5 Å². The number of benzene rings is 1. The monoisotopic (exact) mass is 286 g/mol. The number of fused-ring (bicyclic) bond motifs is 1. The number of aromatic nitrogens is 1. The molecule has 1 heterocycles. The first-order chi connectivity index (χ1) is 10.0. The van der Waals surface area contributed by atoms with Crippen molar-refractivity contribution in [2.24, 2.45) is 0 Å². The van der Waals surface area contributed by atoms with Crippen LogP contribution in [-0.4, -0.2) is 42.0 Å². The lowest BCUT2D eigenvalue weighted by Gasteiger charge is -2.17. The average Bonchev–Trinajstić information content (AvgIpc) is 2.45. The van der Waals surface area contributed by atoms with E-state index in [0.29, 0.717) is 12.2 Å². The number of pyridine rings is 1. The Morgan fingerprint density at radius 3 is 2.71 bits per heavy atom. The molecule has 5 heteroatoms. The van der Waals surface area contributed by atoms with Crippen LogP contribution in [0.1, 0.15) is 23.0 Å². The molecule has 1 aromatic carbocycles. The summed E-state index contributed by atoms with van der Waals surface area (Å²) in [5, 5.41) is 0.781. The van der Waals surface area contributed by atoms with Crippen molar-refractivity contribution in [3.8, 4) is 0 Å². The van der Waals surface area contributed by atoms with Crippen molar-refractivity contribution in [3.63, 3.8) is 0 Å². The van der Waals surface area contributed by atoms with Crippen LogP contribution in [0, 0.1) is 6.92 Å². The van der Waals surface area contributed by atoms with E-state index in [4.69, 9.17) is 4.74 Å². The van der Waals surface area contributed by atoms with Crippen molar-refractivity contribution in [2.45, 2.75) is 13.8 Å². The van der Waals surface area contributed by atoms with E-state index in [1.165, 1.54) is 4.90 Å². The van der Waals surface area contributed by atoms with Crippen LogP contribution < -0.4 is 0 Å². The lowest BCUT2D eigenvalue weighted by Crippen LogP contribution is -2.33. The molecular formula is C16H18N2O3. The van der Waals surface area contributed by atoms with Gasteiger partial charge < -0.3 is 9.64 Å². The van der Waals surface area contributed by atoms with E-state index in [-0.39, 0.29) is 12.5 Å². The van der Waals surface area contributed by atoms with Gasteiger partial charge in [0.15, 0.2) is 0 Å². The van der Waals surface area contributed by atoms with Gasteiger partial charge >= 0.3 is 5.97 Å². The highest BCUT2D eigenvalue weighted by Gasteiger charge is 2.18. The molecule has 0 atom stereocenters. The van der Waals surface area contributed by atoms with Crippen LogP contribution in [-0.2, 0) is 9.53 Å². The molecule has 0 fully saturated rings. The van der Waals surface area contributed by atoms with Gasteiger partial charge in [-0.15, -0.1) is 0 Å². The molecule has 1 aromatic heterocycles. The van der Waals surface area contributed by atoms with Crippen LogP contribution >= 0.6 is 0 Å². The summed E-state index contributed by atoms with van der Waals surface area (Å²) in [6, 6.07) is 9.21. The molecule has 1 amide bonds. The Bertz CT molecular complexity index is 682. The maximum atomic E-state index is 12.5. The van der Waals surface area contributed by atoms with Gasteiger partial charge in [0.05, 0.1) is 17.7 Å². The molecule has 0 radical (unpaired) electrons. The third kappa shape index (κ3) is 3.37. The number of nitrogens with zero attached hydrogens (tertiary/aromatic N) is 2. The number of amides is 1. The molecular weight excluding hydrogens is 268 g/mol. The summed E-state index contributed by atoms with van der Waals surface area (Å²) in [6.45, 7) is 3.81. The van der Waals surface area contributed by atoms with Crippen LogP contribution in [0.4, 0.5) is 0 Å². The molecule has 0 saturated heterocycles. The molecule has 2 rings (SSSR count). The van der Waals surface area contributed by atoms with Gasteiger partial charge in [-0.1, -0.05) is 18.2 Å². The lowest BCUT2D eigenvalue weighted by atomic mass is 10.1. The van der Waals surface area contributed by atoms with Crippen LogP contribution in [0.25, 0.3) is 10.9 Å². The third-order valence-corrected chi connectivity index (χ3v) is 3.09. The van der Waals surface area contributed by atoms with Gasteiger partial charge in [-0.25, -0.2) is 0 Å². The van der Waals surface area contributed by atoms with Gasteiger partial charge in [0.25, 0.3) is 5.91 Å². The van der Waals surface area contributed by atoms with E-state index in [2.05, 4.69) is 4.98 Å². The summed E-state index contributed by atoms with van der Waals surface area (Å²) in [5.41, 5.74) is 2.08. The van der Waals surface area contributed by atoms with Crippen molar-refractivity contribution >= 4 is 22.8 Å². The highest BCUT2D eigenvalue weighted by molar-refractivity contribution is 6.06. The van der Waals surface area contributed by atoms with Crippen LogP contribution in [0.2, 0.25) is 0 Å². The molecule has 0 aliphatic carbocycles. The molecule has 0 N–H and O–H groups in total. The number of hydrogen-bond donors (Lipinski definition) is 0. The largest absolute Gasteiger partial charge is 0.465 e. The molecule has 21 heavy (non-hydrogen) atoms. The highest BCUT2D eigenvalue weighted by Crippen LogP contribution is 2.19. The first-order valence-corrected chi connectivity index (χ1v) is 6.80. The van der Waals surface area contributed by atoms with E-state index in [0.717, 1.165) is 16.6 Å². The van der Waals surface area contributed by atoms with Crippen LogP contribution in [0.5, 0.6) is 0 Å². The molecule has 110 valence electrons. The Hall–Kier alpha value is -2.43. The van der Waals surface area contributed by atoms with E-state index >= 15 is 0 Å². The Morgan fingerprint density at radius 1 is 1.29 bits per heavy atom. The summed E-state index contributed by atoms with van der Waals surface area (Å²) in [4.78, 5) is 29.8. The smallest absolute Gasteiger partial charge is 0.325 e. The Balaban J connectivity index is 2.32. The van der Waals surface area contributed by atoms with Gasteiger partial charge in [0, 0.05) is 18.1 Å². The molecule has 0 aliphatic heterocycles. The summed E-state index contributed by atoms with van der Waals surface area (Å²) < 4.78 is 4.86. The summed E-state index contributed by atoms with van der Waals surface area (Å²) >= 11 is 0. The number of para-hydroxylation sites is 1. The van der Waals surface area contributed by atoms with Gasteiger partial charge in [-0.3, -0.25) is 14.6 Å². The Morgan fingerprint density at radius 2 is 2.00 bits per heavy atom. The van der Waals surface area contributed by atoms with Gasteiger partial charge in [-0.2, -0.15) is 0 Å². The van der Waals surface area contributed by atoms with Crippen molar-refractivity contribution < 1.29 is 14.3 Å². The molecule has 5 nitrogen and oxygen atoms in total. The zero-order chi connectivity index (χ0) is 15.4.